The minimum absolute atomic E-state index is 0.190. The number of alkyl halides is 3. The van der Waals surface area contributed by atoms with E-state index in [0.29, 0.717) is 25.3 Å². The topological polar surface area (TPSA) is 48.0 Å². The van der Waals surface area contributed by atoms with Gasteiger partial charge in [0.05, 0.1) is 6.61 Å². The molecule has 1 saturated heterocycles. The smallest absolute Gasteiger partial charge is 0.493 e. The summed E-state index contributed by atoms with van der Waals surface area (Å²) in [4.78, 5) is 14.5. The third-order valence-corrected chi connectivity index (χ3v) is 5.84. The van der Waals surface area contributed by atoms with E-state index in [1.807, 2.05) is 36.9 Å². The van der Waals surface area contributed by atoms with Gasteiger partial charge in [-0.2, -0.15) is 11.8 Å². The summed E-state index contributed by atoms with van der Waals surface area (Å²) in [7, 11) is 0. The zero-order chi connectivity index (χ0) is 23.1. The van der Waals surface area contributed by atoms with Gasteiger partial charge in [0.15, 0.2) is 6.10 Å². The number of anilines is 1. The maximum absolute atomic E-state index is 12.8. The van der Waals surface area contributed by atoms with Crippen LogP contribution in [0.5, 0.6) is 17.2 Å². The van der Waals surface area contributed by atoms with Crippen molar-refractivity contribution in [1.82, 2.24) is 0 Å². The molecule has 0 aromatic heterocycles. The molecule has 1 unspecified atom stereocenters. The van der Waals surface area contributed by atoms with Crippen LogP contribution in [0.1, 0.15) is 25.3 Å². The van der Waals surface area contributed by atoms with Crippen molar-refractivity contribution in [2.45, 2.75) is 39.2 Å². The summed E-state index contributed by atoms with van der Waals surface area (Å²) in [6.45, 7) is 5.22. The van der Waals surface area contributed by atoms with E-state index in [4.69, 9.17) is 9.47 Å². The van der Waals surface area contributed by atoms with Crippen LogP contribution >= 0.6 is 11.8 Å². The van der Waals surface area contributed by atoms with Gasteiger partial charge in [-0.3, -0.25) is 4.79 Å². The second-order valence-electron chi connectivity index (χ2n) is 7.25. The Morgan fingerprint density at radius 1 is 1.12 bits per heavy atom. The third-order valence-electron chi connectivity index (χ3n) is 4.86. The summed E-state index contributed by atoms with van der Waals surface area (Å²) < 4.78 is 52.2. The summed E-state index contributed by atoms with van der Waals surface area (Å²) in [5.41, 5.74) is 1.71. The molecule has 1 amide bonds. The molecular weight excluding hydrogens is 443 g/mol. The standard InChI is InChI=1S/C23H26F3NO4S/c1-3-32-14-4-13-29-20-10-5-17(15-16(20)2)27-12-11-21(22(27)28)30-18-6-8-19(9-7-18)31-23(24,25)26/h5-10,15,21H,3-4,11-14H2,1-2H3. The molecule has 0 spiro atoms. The van der Waals surface area contributed by atoms with Gasteiger partial charge in [0.1, 0.15) is 17.2 Å². The summed E-state index contributed by atoms with van der Waals surface area (Å²) in [5, 5.41) is 0. The second kappa shape index (κ2) is 10.8. The fourth-order valence-electron chi connectivity index (χ4n) is 3.35. The lowest BCUT2D eigenvalue weighted by atomic mass is 10.2. The monoisotopic (exact) mass is 469 g/mol. The Balaban J connectivity index is 1.56. The highest BCUT2D eigenvalue weighted by Crippen LogP contribution is 2.30. The molecule has 0 bridgehead atoms. The molecule has 1 atom stereocenters. The minimum Gasteiger partial charge on any atom is -0.493 e. The van der Waals surface area contributed by atoms with E-state index in [0.717, 1.165) is 47.1 Å². The predicted octanol–water partition coefficient (Wildman–Crippen LogP) is 5.60. The molecule has 1 aliphatic rings. The van der Waals surface area contributed by atoms with Crippen molar-refractivity contribution < 1.29 is 32.2 Å². The van der Waals surface area contributed by atoms with Crippen LogP contribution in [0.2, 0.25) is 0 Å². The third kappa shape index (κ3) is 6.72. The average Bonchev–Trinajstić information content (AvgIpc) is 3.09. The molecule has 0 aliphatic carbocycles. The van der Waals surface area contributed by atoms with Crippen LogP contribution in [-0.4, -0.2) is 43.0 Å². The first-order chi connectivity index (χ1) is 15.3. The molecule has 2 aromatic carbocycles. The Morgan fingerprint density at radius 3 is 2.50 bits per heavy atom. The first-order valence-electron chi connectivity index (χ1n) is 10.4. The molecule has 2 aromatic rings. The fraction of sp³-hybridized carbons (Fsp3) is 0.435. The largest absolute Gasteiger partial charge is 0.573 e. The van der Waals surface area contributed by atoms with Crippen molar-refractivity contribution >= 4 is 23.4 Å². The lowest BCUT2D eigenvalue weighted by Gasteiger charge is -2.19. The highest BCUT2D eigenvalue weighted by atomic mass is 32.2. The van der Waals surface area contributed by atoms with Crippen LogP contribution in [0.4, 0.5) is 18.9 Å². The number of aryl methyl sites for hydroxylation is 1. The lowest BCUT2D eigenvalue weighted by Crippen LogP contribution is -2.32. The van der Waals surface area contributed by atoms with Crippen molar-refractivity contribution in [2.75, 3.05) is 29.6 Å². The van der Waals surface area contributed by atoms with E-state index in [1.54, 1.807) is 4.90 Å². The Bertz CT molecular complexity index is 905. The molecule has 0 N–H and O–H groups in total. The van der Waals surface area contributed by atoms with Crippen molar-refractivity contribution in [2.24, 2.45) is 0 Å². The summed E-state index contributed by atoms with van der Waals surface area (Å²) >= 11 is 1.88. The minimum atomic E-state index is -4.75. The van der Waals surface area contributed by atoms with Crippen molar-refractivity contribution in [3.63, 3.8) is 0 Å². The number of carbonyl (C=O) groups excluding carboxylic acids is 1. The Kier molecular flexibility index (Phi) is 8.17. The van der Waals surface area contributed by atoms with Crippen LogP contribution in [0.25, 0.3) is 0 Å². The Morgan fingerprint density at radius 2 is 1.84 bits per heavy atom. The van der Waals surface area contributed by atoms with E-state index in [1.165, 1.54) is 12.1 Å². The fourth-order valence-corrected chi connectivity index (χ4v) is 3.97. The van der Waals surface area contributed by atoms with Crippen molar-refractivity contribution in [3.8, 4) is 17.2 Å². The highest BCUT2D eigenvalue weighted by molar-refractivity contribution is 7.99. The SMILES string of the molecule is CCSCCCOc1ccc(N2CCC(Oc3ccc(OC(F)(F)F)cc3)C2=O)cc1C. The average molecular weight is 470 g/mol. The Hall–Kier alpha value is -2.55. The van der Waals surface area contributed by atoms with E-state index >= 15 is 0 Å². The van der Waals surface area contributed by atoms with Crippen LogP contribution in [-0.2, 0) is 4.79 Å². The van der Waals surface area contributed by atoms with Gasteiger partial charge < -0.3 is 19.1 Å². The Labute approximate surface area is 189 Å². The second-order valence-corrected chi connectivity index (χ2v) is 8.65. The quantitative estimate of drug-likeness (QED) is 0.424. The first-order valence-corrected chi connectivity index (χ1v) is 11.6. The number of halogens is 3. The van der Waals surface area contributed by atoms with Crippen LogP contribution in [0, 0.1) is 6.92 Å². The molecule has 5 nitrogen and oxygen atoms in total. The number of hydrogen-bond donors (Lipinski definition) is 0. The molecule has 1 aliphatic heterocycles. The van der Waals surface area contributed by atoms with E-state index in [2.05, 4.69) is 11.7 Å². The van der Waals surface area contributed by atoms with Crippen LogP contribution in [0.3, 0.4) is 0 Å². The maximum Gasteiger partial charge on any atom is 0.573 e. The van der Waals surface area contributed by atoms with Gasteiger partial charge in [0.2, 0.25) is 0 Å². The summed E-state index contributed by atoms with van der Waals surface area (Å²) in [6, 6.07) is 10.7. The maximum atomic E-state index is 12.8. The molecule has 0 saturated carbocycles. The summed E-state index contributed by atoms with van der Waals surface area (Å²) in [6.07, 6.45) is -3.99. The van der Waals surface area contributed by atoms with Gasteiger partial charge in [-0.15, -0.1) is 13.2 Å². The normalized spacial score (nSPS) is 16.3. The number of thioether (sulfide) groups is 1. The van der Waals surface area contributed by atoms with Crippen LogP contribution in [0.15, 0.2) is 42.5 Å². The highest BCUT2D eigenvalue weighted by Gasteiger charge is 2.35. The number of nitrogens with zero attached hydrogens (tertiary/aromatic N) is 1. The van der Waals surface area contributed by atoms with Crippen molar-refractivity contribution in [3.05, 3.63) is 48.0 Å². The van der Waals surface area contributed by atoms with Gasteiger partial charge in [-0.1, -0.05) is 6.92 Å². The summed E-state index contributed by atoms with van der Waals surface area (Å²) in [5.74, 6) is 2.74. The molecule has 3 rings (SSSR count). The number of benzene rings is 2. The number of ether oxygens (including phenoxy) is 3. The van der Waals surface area contributed by atoms with E-state index in [9.17, 15) is 18.0 Å². The van der Waals surface area contributed by atoms with Gasteiger partial charge >= 0.3 is 6.36 Å². The molecule has 9 heteroatoms. The zero-order valence-electron chi connectivity index (χ0n) is 18.0. The number of amides is 1. The predicted molar refractivity (Wildman–Crippen MR) is 119 cm³/mol. The van der Waals surface area contributed by atoms with Crippen LogP contribution < -0.4 is 19.1 Å². The number of hydrogen-bond acceptors (Lipinski definition) is 5. The lowest BCUT2D eigenvalue weighted by molar-refractivity contribution is -0.274. The molecule has 0 radical (unpaired) electrons. The van der Waals surface area contributed by atoms with Gasteiger partial charge in [0.25, 0.3) is 5.91 Å². The first kappa shape index (κ1) is 24.1. The number of carbonyl (C=O) groups is 1. The molecule has 1 fully saturated rings. The number of rotatable bonds is 10. The van der Waals surface area contributed by atoms with Gasteiger partial charge in [-0.25, -0.2) is 0 Å². The zero-order valence-corrected chi connectivity index (χ0v) is 18.8. The molecule has 1 heterocycles. The van der Waals surface area contributed by atoms with Crippen molar-refractivity contribution in [1.29, 1.82) is 0 Å². The van der Waals surface area contributed by atoms with Gasteiger partial charge in [0, 0.05) is 18.7 Å². The van der Waals surface area contributed by atoms with E-state index in [-0.39, 0.29) is 11.7 Å². The van der Waals surface area contributed by atoms with Gasteiger partial charge in [-0.05, 0) is 72.9 Å². The molecular formula is C23H26F3NO4S. The molecule has 174 valence electrons. The van der Waals surface area contributed by atoms with E-state index < -0.39 is 12.5 Å². The molecule has 32 heavy (non-hydrogen) atoms.